The number of rotatable bonds is 6. The second kappa shape index (κ2) is 7.82. The van der Waals surface area contributed by atoms with E-state index in [2.05, 4.69) is 10.5 Å². The molecule has 0 radical (unpaired) electrons. The molecule has 2 aromatic carbocycles. The summed E-state index contributed by atoms with van der Waals surface area (Å²) >= 11 is 0. The van der Waals surface area contributed by atoms with E-state index in [1.165, 1.54) is 44.7 Å². The lowest BCUT2D eigenvalue weighted by Crippen LogP contribution is -2.18. The van der Waals surface area contributed by atoms with Gasteiger partial charge in [-0.05, 0) is 24.3 Å². The third-order valence-electron chi connectivity index (χ3n) is 3.31. The number of carboxylic acids is 1. The Morgan fingerprint density at radius 2 is 1.84 bits per heavy atom. The molecule has 0 heterocycles. The largest absolute Gasteiger partial charge is 0.507 e. The van der Waals surface area contributed by atoms with E-state index in [4.69, 9.17) is 9.47 Å². The second-order valence-corrected chi connectivity index (χ2v) is 4.79. The molecule has 0 aliphatic carbocycles. The molecular formula is C17H16N2O6. The highest BCUT2D eigenvalue weighted by Gasteiger charge is 2.20. The van der Waals surface area contributed by atoms with Crippen LogP contribution in [0.2, 0.25) is 0 Å². The molecule has 130 valence electrons. The van der Waals surface area contributed by atoms with Crippen LogP contribution in [-0.4, -0.2) is 42.5 Å². The number of ether oxygens (including phenoxy) is 2. The van der Waals surface area contributed by atoms with Crippen LogP contribution in [-0.2, 0) is 0 Å². The fourth-order valence-corrected chi connectivity index (χ4v) is 2.16. The Bertz CT molecular complexity index is 832. The van der Waals surface area contributed by atoms with Crippen LogP contribution in [0.5, 0.6) is 17.2 Å². The van der Waals surface area contributed by atoms with Crippen molar-refractivity contribution in [1.82, 2.24) is 5.43 Å². The molecule has 0 atom stereocenters. The molecule has 2 aromatic rings. The zero-order valence-corrected chi connectivity index (χ0v) is 13.5. The van der Waals surface area contributed by atoms with Crippen LogP contribution in [0.4, 0.5) is 0 Å². The zero-order chi connectivity index (χ0) is 18.4. The topological polar surface area (TPSA) is 117 Å². The number of nitrogens with one attached hydrogen (secondary N) is 1. The molecule has 0 bridgehead atoms. The Balaban J connectivity index is 2.28. The quantitative estimate of drug-likeness (QED) is 0.544. The molecule has 0 aliphatic rings. The highest BCUT2D eigenvalue weighted by molar-refractivity contribution is 6.02. The zero-order valence-electron chi connectivity index (χ0n) is 13.5. The maximum absolute atomic E-state index is 12.0. The van der Waals surface area contributed by atoms with Gasteiger partial charge in [-0.15, -0.1) is 0 Å². The number of para-hydroxylation sites is 1. The van der Waals surface area contributed by atoms with Crippen molar-refractivity contribution in [3.8, 4) is 17.2 Å². The molecule has 0 saturated heterocycles. The molecule has 0 saturated carbocycles. The second-order valence-electron chi connectivity index (χ2n) is 4.79. The van der Waals surface area contributed by atoms with Crippen molar-refractivity contribution < 1.29 is 29.3 Å². The monoisotopic (exact) mass is 344 g/mol. The number of nitrogens with zero attached hydrogens (tertiary/aromatic N) is 1. The number of aromatic hydroxyl groups is 1. The average Bonchev–Trinajstić information content (AvgIpc) is 2.60. The third kappa shape index (κ3) is 3.86. The molecule has 1 amide bonds. The van der Waals surface area contributed by atoms with Crippen molar-refractivity contribution >= 4 is 18.1 Å². The van der Waals surface area contributed by atoms with E-state index in [0.717, 1.165) is 0 Å². The van der Waals surface area contributed by atoms with Gasteiger partial charge in [0, 0.05) is 5.56 Å². The number of hydrazone groups is 1. The van der Waals surface area contributed by atoms with Gasteiger partial charge in [0.2, 0.25) is 0 Å². The number of carboxylic acid groups (broad SMARTS) is 1. The van der Waals surface area contributed by atoms with Crippen LogP contribution in [0.3, 0.4) is 0 Å². The molecule has 0 fully saturated rings. The minimum atomic E-state index is -1.23. The number of amides is 1. The maximum Gasteiger partial charge on any atom is 0.340 e. The van der Waals surface area contributed by atoms with Gasteiger partial charge in [0.05, 0.1) is 26.0 Å². The number of benzene rings is 2. The van der Waals surface area contributed by atoms with Gasteiger partial charge in [-0.1, -0.05) is 12.1 Å². The fraction of sp³-hybridized carbons (Fsp3) is 0.118. The molecule has 0 aromatic heterocycles. The lowest BCUT2D eigenvalue weighted by Gasteiger charge is -2.12. The summed E-state index contributed by atoms with van der Waals surface area (Å²) in [5.41, 5.74) is 2.33. The number of carbonyl (C=O) groups is 2. The van der Waals surface area contributed by atoms with Gasteiger partial charge in [-0.25, -0.2) is 10.2 Å². The summed E-state index contributed by atoms with van der Waals surface area (Å²) in [5.74, 6) is -1.75. The predicted octanol–water partition coefficient (Wildman–Crippen LogP) is 1.87. The average molecular weight is 344 g/mol. The Morgan fingerprint density at radius 3 is 2.44 bits per heavy atom. The molecule has 0 unspecified atom stereocenters. The lowest BCUT2D eigenvalue weighted by molar-refractivity contribution is 0.0692. The van der Waals surface area contributed by atoms with E-state index >= 15 is 0 Å². The van der Waals surface area contributed by atoms with Gasteiger partial charge < -0.3 is 19.7 Å². The summed E-state index contributed by atoms with van der Waals surface area (Å²) < 4.78 is 10.2. The van der Waals surface area contributed by atoms with E-state index in [9.17, 15) is 19.8 Å². The fourth-order valence-electron chi connectivity index (χ4n) is 2.16. The number of carbonyl (C=O) groups excluding carboxylic acids is 1. The Morgan fingerprint density at radius 1 is 1.12 bits per heavy atom. The molecule has 25 heavy (non-hydrogen) atoms. The van der Waals surface area contributed by atoms with Crippen LogP contribution in [0.25, 0.3) is 0 Å². The SMILES string of the molecule is COc1ccc(C=NNC(=O)c2ccccc2O)c(C(=O)O)c1OC. The first kappa shape index (κ1) is 17.8. The van der Waals surface area contributed by atoms with Gasteiger partial charge in [-0.2, -0.15) is 5.10 Å². The van der Waals surface area contributed by atoms with Crippen LogP contribution < -0.4 is 14.9 Å². The number of hydrogen-bond acceptors (Lipinski definition) is 6. The molecule has 0 spiro atoms. The predicted molar refractivity (Wildman–Crippen MR) is 89.7 cm³/mol. The maximum atomic E-state index is 12.0. The number of phenolic OH excluding ortho intramolecular Hbond substituents is 1. The first-order valence-electron chi connectivity index (χ1n) is 7.09. The van der Waals surface area contributed by atoms with Crippen molar-refractivity contribution in [2.24, 2.45) is 5.10 Å². The number of hydrogen-bond donors (Lipinski definition) is 3. The van der Waals surface area contributed by atoms with Gasteiger partial charge in [0.1, 0.15) is 11.3 Å². The van der Waals surface area contributed by atoms with Crippen molar-refractivity contribution in [3.05, 3.63) is 53.1 Å². The number of aromatic carboxylic acids is 1. The van der Waals surface area contributed by atoms with Crippen LogP contribution in [0.1, 0.15) is 26.3 Å². The van der Waals surface area contributed by atoms with E-state index in [0.29, 0.717) is 0 Å². The van der Waals surface area contributed by atoms with E-state index < -0.39 is 11.9 Å². The van der Waals surface area contributed by atoms with Crippen LogP contribution in [0.15, 0.2) is 41.5 Å². The van der Waals surface area contributed by atoms with Crippen molar-refractivity contribution in [2.45, 2.75) is 0 Å². The van der Waals surface area contributed by atoms with E-state index in [1.807, 2.05) is 0 Å². The highest BCUT2D eigenvalue weighted by Crippen LogP contribution is 2.32. The third-order valence-corrected chi connectivity index (χ3v) is 3.31. The standard InChI is InChI=1S/C17H16N2O6/c1-24-13-8-7-10(14(17(22)23)15(13)25-2)9-18-19-16(21)11-5-3-4-6-12(11)20/h3-9,20H,1-2H3,(H,19,21)(H,22,23). The summed E-state index contributed by atoms with van der Waals surface area (Å²) in [5, 5.41) is 22.8. The summed E-state index contributed by atoms with van der Waals surface area (Å²) in [6.45, 7) is 0. The van der Waals surface area contributed by atoms with Crippen molar-refractivity contribution in [3.63, 3.8) is 0 Å². The molecule has 2 rings (SSSR count). The van der Waals surface area contributed by atoms with Crippen molar-refractivity contribution in [2.75, 3.05) is 14.2 Å². The minimum absolute atomic E-state index is 0.0467. The van der Waals surface area contributed by atoms with E-state index in [-0.39, 0.29) is 33.9 Å². The molecule has 0 aliphatic heterocycles. The molecule has 8 nitrogen and oxygen atoms in total. The summed E-state index contributed by atoms with van der Waals surface area (Å²) in [7, 11) is 2.72. The van der Waals surface area contributed by atoms with Gasteiger partial charge >= 0.3 is 5.97 Å². The first-order chi connectivity index (χ1) is 12.0. The van der Waals surface area contributed by atoms with Gasteiger partial charge in [-0.3, -0.25) is 4.79 Å². The molecular weight excluding hydrogens is 328 g/mol. The van der Waals surface area contributed by atoms with Gasteiger partial charge in [0.15, 0.2) is 11.5 Å². The van der Waals surface area contributed by atoms with Gasteiger partial charge in [0.25, 0.3) is 5.91 Å². The normalized spacial score (nSPS) is 10.5. The Kier molecular flexibility index (Phi) is 5.57. The Hall–Kier alpha value is -3.55. The summed E-state index contributed by atoms with van der Waals surface area (Å²) in [6, 6.07) is 8.97. The van der Waals surface area contributed by atoms with E-state index in [1.54, 1.807) is 12.1 Å². The highest BCUT2D eigenvalue weighted by atomic mass is 16.5. The van der Waals surface area contributed by atoms with Crippen LogP contribution in [0, 0.1) is 0 Å². The minimum Gasteiger partial charge on any atom is -0.507 e. The number of methoxy groups -OCH3 is 2. The lowest BCUT2D eigenvalue weighted by atomic mass is 10.1. The van der Waals surface area contributed by atoms with Crippen molar-refractivity contribution in [1.29, 1.82) is 0 Å². The Labute approximate surface area is 143 Å². The summed E-state index contributed by atoms with van der Waals surface area (Å²) in [4.78, 5) is 23.5. The molecule has 8 heteroatoms. The smallest absolute Gasteiger partial charge is 0.340 e. The van der Waals surface area contributed by atoms with Crippen LogP contribution >= 0.6 is 0 Å². The summed E-state index contributed by atoms with van der Waals surface area (Å²) in [6.07, 6.45) is 1.17. The number of phenols is 1. The molecule has 3 N–H and O–H groups in total. The first-order valence-corrected chi connectivity index (χ1v) is 7.09.